The Balaban J connectivity index is 2.33. The van der Waals surface area contributed by atoms with Gasteiger partial charge in [-0.3, -0.25) is 25.7 Å². The number of non-ortho nitro benzene ring substituents is 1. The van der Waals surface area contributed by atoms with Crippen LogP contribution in [0.15, 0.2) is 47.6 Å². The molecule has 0 atom stereocenters. The molecular formula is C15H11F3N4O4. The minimum Gasteiger partial charge on any atom is -0.271 e. The van der Waals surface area contributed by atoms with Gasteiger partial charge >= 0.3 is 6.18 Å². The van der Waals surface area contributed by atoms with Crippen LogP contribution in [0.1, 0.15) is 18.1 Å². The normalized spacial score (nSPS) is 11.9. The van der Waals surface area contributed by atoms with Crippen molar-refractivity contribution in [2.24, 2.45) is 5.10 Å². The summed E-state index contributed by atoms with van der Waals surface area (Å²) in [7, 11) is 0. The predicted molar refractivity (Wildman–Crippen MR) is 87.0 cm³/mol. The van der Waals surface area contributed by atoms with Crippen molar-refractivity contribution in [3.8, 4) is 0 Å². The molecule has 0 aliphatic heterocycles. The molecule has 0 bridgehead atoms. The van der Waals surface area contributed by atoms with Crippen LogP contribution in [0.2, 0.25) is 0 Å². The number of hydrogen-bond donors (Lipinski definition) is 1. The smallest absolute Gasteiger partial charge is 0.271 e. The van der Waals surface area contributed by atoms with E-state index in [1.807, 2.05) is 0 Å². The number of hydrogen-bond acceptors (Lipinski definition) is 6. The molecule has 8 nitrogen and oxygen atoms in total. The largest absolute Gasteiger partial charge is 0.416 e. The first kappa shape index (κ1) is 18.8. The zero-order chi connectivity index (χ0) is 19.5. The lowest BCUT2D eigenvalue weighted by atomic mass is 10.1. The molecule has 0 aliphatic carbocycles. The Kier molecular flexibility index (Phi) is 5.19. The lowest BCUT2D eigenvalue weighted by Crippen LogP contribution is -2.07. The quantitative estimate of drug-likeness (QED) is 0.479. The van der Waals surface area contributed by atoms with Crippen LogP contribution in [0.4, 0.5) is 30.2 Å². The van der Waals surface area contributed by atoms with Crippen molar-refractivity contribution in [3.05, 3.63) is 73.8 Å². The maximum atomic E-state index is 12.7. The number of alkyl halides is 3. The average molecular weight is 368 g/mol. The third kappa shape index (κ3) is 4.32. The number of nitro benzene ring substituents is 2. The molecule has 0 radical (unpaired) electrons. The zero-order valence-electron chi connectivity index (χ0n) is 13.1. The number of rotatable bonds is 5. The SMILES string of the molecule is C/C(=N/Nc1ccc(C(F)(F)F)cc1[N+](=O)[O-])c1cccc([N+](=O)[O-])c1. The number of nitrogens with zero attached hydrogens (tertiary/aromatic N) is 3. The van der Waals surface area contributed by atoms with Gasteiger partial charge in [-0.15, -0.1) is 0 Å². The van der Waals surface area contributed by atoms with Gasteiger partial charge in [0.2, 0.25) is 0 Å². The van der Waals surface area contributed by atoms with E-state index in [4.69, 9.17) is 0 Å². The van der Waals surface area contributed by atoms with E-state index in [9.17, 15) is 33.4 Å². The summed E-state index contributed by atoms with van der Waals surface area (Å²) < 4.78 is 38.0. The summed E-state index contributed by atoms with van der Waals surface area (Å²) in [6.07, 6.45) is -4.72. The molecule has 0 spiro atoms. The Labute approximate surface area is 144 Å². The molecule has 26 heavy (non-hydrogen) atoms. The van der Waals surface area contributed by atoms with Crippen LogP contribution in [0.25, 0.3) is 0 Å². The number of benzene rings is 2. The van der Waals surface area contributed by atoms with Crippen molar-refractivity contribution < 1.29 is 23.0 Å². The van der Waals surface area contributed by atoms with E-state index in [0.717, 1.165) is 6.07 Å². The molecule has 1 N–H and O–H groups in total. The number of anilines is 1. The monoisotopic (exact) mass is 368 g/mol. The maximum absolute atomic E-state index is 12.7. The van der Waals surface area contributed by atoms with Crippen LogP contribution >= 0.6 is 0 Å². The van der Waals surface area contributed by atoms with Crippen LogP contribution in [-0.2, 0) is 6.18 Å². The topological polar surface area (TPSA) is 111 Å². The molecule has 2 aromatic carbocycles. The van der Waals surface area contributed by atoms with Crippen molar-refractivity contribution in [3.63, 3.8) is 0 Å². The summed E-state index contributed by atoms with van der Waals surface area (Å²) >= 11 is 0. The molecule has 0 aromatic heterocycles. The van der Waals surface area contributed by atoms with E-state index in [1.165, 1.54) is 31.2 Å². The van der Waals surface area contributed by atoms with Crippen LogP contribution < -0.4 is 5.43 Å². The molecule has 2 rings (SSSR count). The van der Waals surface area contributed by atoms with Crippen LogP contribution in [-0.4, -0.2) is 15.6 Å². The van der Waals surface area contributed by atoms with E-state index in [1.54, 1.807) is 0 Å². The van der Waals surface area contributed by atoms with Crippen molar-refractivity contribution in [2.45, 2.75) is 13.1 Å². The number of nitrogens with one attached hydrogen (secondary N) is 1. The van der Waals surface area contributed by atoms with Gasteiger partial charge in [-0.05, 0) is 19.1 Å². The Hall–Kier alpha value is -3.50. The highest BCUT2D eigenvalue weighted by atomic mass is 19.4. The highest BCUT2D eigenvalue weighted by Crippen LogP contribution is 2.35. The third-order valence-electron chi connectivity index (χ3n) is 3.34. The van der Waals surface area contributed by atoms with E-state index >= 15 is 0 Å². The van der Waals surface area contributed by atoms with Gasteiger partial charge in [-0.1, -0.05) is 12.1 Å². The first-order valence-corrected chi connectivity index (χ1v) is 7.00. The highest BCUT2D eigenvalue weighted by molar-refractivity contribution is 5.99. The lowest BCUT2D eigenvalue weighted by molar-refractivity contribution is -0.384. The number of nitro groups is 2. The van der Waals surface area contributed by atoms with Crippen LogP contribution in [0.5, 0.6) is 0 Å². The molecule has 0 unspecified atom stereocenters. The fourth-order valence-electron chi connectivity index (χ4n) is 2.01. The van der Waals surface area contributed by atoms with Gasteiger partial charge in [0, 0.05) is 23.8 Å². The van der Waals surface area contributed by atoms with E-state index in [2.05, 4.69) is 10.5 Å². The molecule has 0 heterocycles. The molecule has 0 fully saturated rings. The average Bonchev–Trinajstić information content (AvgIpc) is 2.58. The van der Waals surface area contributed by atoms with Gasteiger partial charge in [-0.2, -0.15) is 18.3 Å². The standard InChI is InChI=1S/C15H11F3N4O4/c1-9(10-3-2-4-12(7-10)21(23)24)19-20-13-6-5-11(15(16,17)18)8-14(13)22(25)26/h2-8,20H,1H3/b19-9-. The molecule has 0 amide bonds. The zero-order valence-corrected chi connectivity index (χ0v) is 13.1. The fraction of sp³-hybridized carbons (Fsp3) is 0.133. The van der Waals surface area contributed by atoms with Crippen LogP contribution in [0, 0.1) is 20.2 Å². The minimum atomic E-state index is -4.72. The van der Waals surface area contributed by atoms with Gasteiger partial charge in [0.1, 0.15) is 5.69 Å². The Morgan fingerprint density at radius 3 is 2.35 bits per heavy atom. The summed E-state index contributed by atoms with van der Waals surface area (Å²) in [5.41, 5.74) is 0.592. The molecule has 11 heteroatoms. The lowest BCUT2D eigenvalue weighted by Gasteiger charge is -2.09. The third-order valence-corrected chi connectivity index (χ3v) is 3.34. The number of halogens is 3. The van der Waals surface area contributed by atoms with Crippen LogP contribution in [0.3, 0.4) is 0 Å². The van der Waals surface area contributed by atoms with Gasteiger partial charge in [0.15, 0.2) is 0 Å². The molecule has 0 saturated carbocycles. The second kappa shape index (κ2) is 7.17. The second-order valence-corrected chi connectivity index (χ2v) is 5.10. The van der Waals surface area contributed by atoms with Gasteiger partial charge in [-0.25, -0.2) is 0 Å². The van der Waals surface area contributed by atoms with Crippen molar-refractivity contribution in [2.75, 3.05) is 5.43 Å². The summed E-state index contributed by atoms with van der Waals surface area (Å²) in [5.74, 6) is 0. The van der Waals surface area contributed by atoms with E-state index in [-0.39, 0.29) is 17.1 Å². The van der Waals surface area contributed by atoms with Gasteiger partial charge in [0.05, 0.1) is 21.1 Å². The molecule has 136 valence electrons. The molecular weight excluding hydrogens is 357 g/mol. The summed E-state index contributed by atoms with van der Waals surface area (Å²) in [5, 5.41) is 25.6. The van der Waals surface area contributed by atoms with Crippen molar-refractivity contribution in [1.29, 1.82) is 0 Å². The van der Waals surface area contributed by atoms with Gasteiger partial charge in [0.25, 0.3) is 11.4 Å². The van der Waals surface area contributed by atoms with E-state index in [0.29, 0.717) is 17.7 Å². The Morgan fingerprint density at radius 2 is 1.77 bits per heavy atom. The summed E-state index contributed by atoms with van der Waals surface area (Å²) in [4.78, 5) is 20.2. The summed E-state index contributed by atoms with van der Waals surface area (Å²) in [6, 6.07) is 7.49. The van der Waals surface area contributed by atoms with Crippen molar-refractivity contribution >= 4 is 22.8 Å². The minimum absolute atomic E-state index is 0.169. The molecule has 2 aromatic rings. The van der Waals surface area contributed by atoms with E-state index < -0.39 is 27.3 Å². The second-order valence-electron chi connectivity index (χ2n) is 5.10. The Bertz CT molecular complexity index is 897. The van der Waals surface area contributed by atoms with Gasteiger partial charge < -0.3 is 0 Å². The predicted octanol–water partition coefficient (Wildman–Crippen LogP) is 4.36. The molecule has 0 saturated heterocycles. The summed E-state index contributed by atoms with van der Waals surface area (Å²) in [6.45, 7) is 1.49. The maximum Gasteiger partial charge on any atom is 0.416 e. The molecule has 0 aliphatic rings. The van der Waals surface area contributed by atoms with Crippen molar-refractivity contribution in [1.82, 2.24) is 0 Å². The first-order valence-electron chi connectivity index (χ1n) is 7.00. The number of hydrazone groups is 1. The first-order chi connectivity index (χ1) is 12.1. The highest BCUT2D eigenvalue weighted by Gasteiger charge is 2.33. The fourth-order valence-corrected chi connectivity index (χ4v) is 2.01. The Morgan fingerprint density at radius 1 is 1.08 bits per heavy atom.